The van der Waals surface area contributed by atoms with E-state index in [2.05, 4.69) is 5.32 Å². The van der Waals surface area contributed by atoms with Crippen LogP contribution in [0.5, 0.6) is 0 Å². The molecule has 6 heteroatoms. The normalized spacial score (nSPS) is 12.2. The van der Waals surface area contributed by atoms with Crippen molar-refractivity contribution in [2.75, 3.05) is 0 Å². The molecule has 0 radical (unpaired) electrons. The molecule has 0 aliphatic rings. The molecular formula is C10H14N2O4. The Hall–Kier alpha value is -1.82. The number of primary amides is 1. The van der Waals surface area contributed by atoms with Gasteiger partial charge in [-0.25, -0.2) is 0 Å². The second kappa shape index (κ2) is 5.92. The molecule has 1 aromatic heterocycles. The van der Waals surface area contributed by atoms with Crippen molar-refractivity contribution in [3.8, 4) is 0 Å². The van der Waals surface area contributed by atoms with Gasteiger partial charge in [0.1, 0.15) is 5.76 Å². The molecule has 6 nitrogen and oxygen atoms in total. The van der Waals surface area contributed by atoms with Crippen LogP contribution < -0.4 is 11.1 Å². The molecule has 0 aliphatic carbocycles. The summed E-state index contributed by atoms with van der Waals surface area (Å²) < 4.78 is 5.06. The van der Waals surface area contributed by atoms with E-state index in [9.17, 15) is 9.59 Å². The van der Waals surface area contributed by atoms with E-state index in [0.29, 0.717) is 12.3 Å². The minimum absolute atomic E-state index is 0.0985. The summed E-state index contributed by atoms with van der Waals surface area (Å²) in [5.74, 6) is -0.847. The molecule has 0 saturated heterocycles. The highest BCUT2D eigenvalue weighted by Gasteiger charge is 2.16. The number of rotatable bonds is 7. The summed E-state index contributed by atoms with van der Waals surface area (Å²) in [7, 11) is 0. The van der Waals surface area contributed by atoms with Crippen molar-refractivity contribution in [3.63, 3.8) is 0 Å². The average Bonchev–Trinajstić information content (AvgIpc) is 2.69. The van der Waals surface area contributed by atoms with Crippen LogP contribution in [0.2, 0.25) is 0 Å². The minimum Gasteiger partial charge on any atom is -0.481 e. The highest BCUT2D eigenvalue weighted by atomic mass is 16.4. The quantitative estimate of drug-likeness (QED) is 0.611. The lowest BCUT2D eigenvalue weighted by molar-refractivity contribution is -0.137. The maximum absolute atomic E-state index is 11.0. The highest BCUT2D eigenvalue weighted by molar-refractivity contribution is 5.80. The van der Waals surface area contributed by atoms with E-state index >= 15 is 0 Å². The van der Waals surface area contributed by atoms with Gasteiger partial charge in [-0.3, -0.25) is 14.9 Å². The first-order valence-corrected chi connectivity index (χ1v) is 4.86. The Balaban J connectivity index is 2.39. The van der Waals surface area contributed by atoms with Crippen LogP contribution >= 0.6 is 0 Å². The summed E-state index contributed by atoms with van der Waals surface area (Å²) >= 11 is 0. The molecule has 0 fully saturated rings. The van der Waals surface area contributed by atoms with Crippen molar-refractivity contribution < 1.29 is 19.1 Å². The monoisotopic (exact) mass is 226 g/mol. The van der Waals surface area contributed by atoms with Crippen LogP contribution in [0.15, 0.2) is 22.8 Å². The highest BCUT2D eigenvalue weighted by Crippen LogP contribution is 2.02. The van der Waals surface area contributed by atoms with Crippen molar-refractivity contribution >= 4 is 11.9 Å². The average molecular weight is 226 g/mol. The van der Waals surface area contributed by atoms with Crippen LogP contribution in [0.25, 0.3) is 0 Å². The van der Waals surface area contributed by atoms with Crippen LogP contribution in [0, 0.1) is 0 Å². The summed E-state index contributed by atoms with van der Waals surface area (Å²) in [5, 5.41) is 11.3. The second-order valence-electron chi connectivity index (χ2n) is 3.35. The number of hydrogen-bond acceptors (Lipinski definition) is 4. The van der Waals surface area contributed by atoms with Crippen LogP contribution in [0.1, 0.15) is 18.6 Å². The van der Waals surface area contributed by atoms with Crippen LogP contribution in [-0.2, 0) is 16.1 Å². The molecule has 0 saturated carbocycles. The Morgan fingerprint density at radius 2 is 2.31 bits per heavy atom. The zero-order chi connectivity index (χ0) is 12.0. The molecular weight excluding hydrogens is 212 g/mol. The third-order valence-corrected chi connectivity index (χ3v) is 2.09. The fraction of sp³-hybridized carbons (Fsp3) is 0.400. The van der Waals surface area contributed by atoms with Crippen molar-refractivity contribution in [1.82, 2.24) is 5.32 Å². The number of carboxylic acids is 1. The standard InChI is InChI=1S/C10H14N2O4/c11-10(15)8(3-4-9(13)14)12-6-7-2-1-5-16-7/h1-2,5,8,12H,3-4,6H2,(H2,11,15)(H,13,14)/t8-/m0/s1. The van der Waals surface area contributed by atoms with E-state index in [-0.39, 0.29) is 12.8 Å². The van der Waals surface area contributed by atoms with E-state index < -0.39 is 17.9 Å². The van der Waals surface area contributed by atoms with Gasteiger partial charge in [-0.1, -0.05) is 0 Å². The molecule has 0 aliphatic heterocycles. The predicted molar refractivity (Wildman–Crippen MR) is 55.4 cm³/mol. The number of carbonyl (C=O) groups is 2. The summed E-state index contributed by atoms with van der Waals surface area (Å²) in [6.45, 7) is 0.347. The summed E-state index contributed by atoms with van der Waals surface area (Å²) in [6, 6.07) is 2.83. The number of carboxylic acid groups (broad SMARTS) is 1. The molecule has 1 amide bonds. The first kappa shape index (κ1) is 12.3. The molecule has 1 heterocycles. The Morgan fingerprint density at radius 1 is 1.56 bits per heavy atom. The molecule has 88 valence electrons. The molecule has 0 spiro atoms. The molecule has 16 heavy (non-hydrogen) atoms. The van der Waals surface area contributed by atoms with E-state index in [4.69, 9.17) is 15.3 Å². The van der Waals surface area contributed by atoms with E-state index in [0.717, 1.165) is 0 Å². The Labute approximate surface area is 92.4 Å². The maximum atomic E-state index is 11.0. The fourth-order valence-corrected chi connectivity index (χ4v) is 1.25. The Kier molecular flexibility index (Phi) is 4.53. The number of amides is 1. The first-order chi connectivity index (χ1) is 7.59. The van der Waals surface area contributed by atoms with E-state index in [1.807, 2.05) is 0 Å². The maximum Gasteiger partial charge on any atom is 0.303 e. The lowest BCUT2D eigenvalue weighted by atomic mass is 10.1. The van der Waals surface area contributed by atoms with Gasteiger partial charge >= 0.3 is 5.97 Å². The smallest absolute Gasteiger partial charge is 0.303 e. The van der Waals surface area contributed by atoms with Crippen molar-refractivity contribution in [2.24, 2.45) is 5.73 Å². The topological polar surface area (TPSA) is 106 Å². The fourth-order valence-electron chi connectivity index (χ4n) is 1.25. The zero-order valence-corrected chi connectivity index (χ0v) is 8.68. The van der Waals surface area contributed by atoms with E-state index in [1.54, 1.807) is 12.1 Å². The van der Waals surface area contributed by atoms with Crippen LogP contribution in [0.4, 0.5) is 0 Å². The SMILES string of the molecule is NC(=O)[C@H](CCC(=O)O)NCc1ccco1. The zero-order valence-electron chi connectivity index (χ0n) is 8.68. The number of hydrogen-bond donors (Lipinski definition) is 3. The second-order valence-corrected chi connectivity index (χ2v) is 3.35. The number of furan rings is 1. The minimum atomic E-state index is -0.953. The van der Waals surface area contributed by atoms with Crippen LogP contribution in [-0.4, -0.2) is 23.0 Å². The van der Waals surface area contributed by atoms with E-state index in [1.165, 1.54) is 6.26 Å². The van der Waals surface area contributed by atoms with Gasteiger partial charge in [0.2, 0.25) is 5.91 Å². The van der Waals surface area contributed by atoms with Gasteiger partial charge < -0.3 is 15.3 Å². The Bertz CT molecular complexity index is 348. The Morgan fingerprint density at radius 3 is 2.81 bits per heavy atom. The number of aliphatic carboxylic acids is 1. The van der Waals surface area contributed by atoms with Gasteiger partial charge in [-0.05, 0) is 18.6 Å². The third-order valence-electron chi connectivity index (χ3n) is 2.09. The van der Waals surface area contributed by atoms with Crippen molar-refractivity contribution in [3.05, 3.63) is 24.2 Å². The number of nitrogens with one attached hydrogen (secondary N) is 1. The van der Waals surface area contributed by atoms with Gasteiger partial charge in [0, 0.05) is 6.42 Å². The first-order valence-electron chi connectivity index (χ1n) is 4.86. The van der Waals surface area contributed by atoms with Gasteiger partial charge in [0.25, 0.3) is 0 Å². The summed E-state index contributed by atoms with van der Waals surface area (Å²) in [4.78, 5) is 21.4. The van der Waals surface area contributed by atoms with Crippen LogP contribution in [0.3, 0.4) is 0 Å². The molecule has 0 bridgehead atoms. The van der Waals surface area contributed by atoms with Gasteiger partial charge in [-0.2, -0.15) is 0 Å². The summed E-state index contributed by atoms with van der Waals surface area (Å²) in [5.41, 5.74) is 5.14. The molecule has 1 aromatic rings. The molecule has 1 rings (SSSR count). The molecule has 4 N–H and O–H groups in total. The number of nitrogens with two attached hydrogens (primary N) is 1. The summed E-state index contributed by atoms with van der Waals surface area (Å²) in [6.07, 6.45) is 1.59. The molecule has 0 unspecified atom stereocenters. The van der Waals surface area contributed by atoms with Crippen molar-refractivity contribution in [1.29, 1.82) is 0 Å². The van der Waals surface area contributed by atoms with Gasteiger partial charge in [-0.15, -0.1) is 0 Å². The number of carbonyl (C=O) groups excluding carboxylic acids is 1. The predicted octanol–water partition coefficient (Wildman–Crippen LogP) is 0.0879. The van der Waals surface area contributed by atoms with Gasteiger partial charge in [0.05, 0.1) is 18.8 Å². The lowest BCUT2D eigenvalue weighted by Crippen LogP contribution is -2.41. The molecule has 1 atom stereocenters. The van der Waals surface area contributed by atoms with Crippen molar-refractivity contribution in [2.45, 2.75) is 25.4 Å². The largest absolute Gasteiger partial charge is 0.481 e. The lowest BCUT2D eigenvalue weighted by Gasteiger charge is -2.13. The van der Waals surface area contributed by atoms with Gasteiger partial charge in [0.15, 0.2) is 0 Å². The molecule has 0 aromatic carbocycles. The third kappa shape index (κ3) is 4.14.